The van der Waals surface area contributed by atoms with Gasteiger partial charge in [-0.05, 0) is 12.0 Å². The molecular formula is C18H20N4O2. The van der Waals surface area contributed by atoms with Gasteiger partial charge in [-0.2, -0.15) is 0 Å². The molecule has 3 heterocycles. The Hall–Kier alpha value is -2.44. The van der Waals surface area contributed by atoms with Crippen LogP contribution in [0.5, 0.6) is 0 Å². The number of aromatic amines is 2. The van der Waals surface area contributed by atoms with Gasteiger partial charge in [0, 0.05) is 37.3 Å². The van der Waals surface area contributed by atoms with E-state index in [0.29, 0.717) is 24.1 Å². The Balaban J connectivity index is 1.48. The molecule has 24 heavy (non-hydrogen) atoms. The van der Waals surface area contributed by atoms with Crippen molar-refractivity contribution in [1.29, 1.82) is 0 Å². The number of aliphatic hydroxyl groups excluding tert-OH is 1. The van der Waals surface area contributed by atoms with Gasteiger partial charge in [-0.3, -0.25) is 9.69 Å². The topological polar surface area (TPSA) is 85.0 Å². The molecule has 1 aliphatic heterocycles. The summed E-state index contributed by atoms with van der Waals surface area (Å²) in [6, 6.07) is 10.3. The highest BCUT2D eigenvalue weighted by Gasteiger charge is 2.31. The molecule has 3 N–H and O–H groups in total. The molecule has 0 saturated carbocycles. The molecule has 0 radical (unpaired) electrons. The minimum absolute atomic E-state index is 0.158. The number of aliphatic hydroxyl groups is 1. The highest BCUT2D eigenvalue weighted by atomic mass is 16.3. The van der Waals surface area contributed by atoms with Crippen molar-refractivity contribution in [2.24, 2.45) is 5.92 Å². The molecule has 1 aromatic carbocycles. The number of benzene rings is 1. The number of hydrogen-bond acceptors (Lipinski definition) is 4. The van der Waals surface area contributed by atoms with Gasteiger partial charge < -0.3 is 15.1 Å². The molecule has 3 aromatic rings. The fourth-order valence-electron chi connectivity index (χ4n) is 3.55. The summed E-state index contributed by atoms with van der Waals surface area (Å²) in [6.07, 6.45) is 3.82. The Morgan fingerprint density at radius 3 is 2.88 bits per heavy atom. The van der Waals surface area contributed by atoms with Crippen LogP contribution in [0.3, 0.4) is 0 Å². The van der Waals surface area contributed by atoms with E-state index in [0.717, 1.165) is 18.5 Å². The van der Waals surface area contributed by atoms with Gasteiger partial charge in [0.15, 0.2) is 0 Å². The van der Waals surface area contributed by atoms with Crippen molar-refractivity contribution in [2.75, 3.05) is 13.1 Å². The standard InChI is InChI=1S/C18H20N4O2/c23-15-10-22(8-13(15)6-12-4-2-1-3-5-12)9-14-7-19-17-16(14)20-11-21-18(17)24/h1-5,7,11,13,15,19,23H,6,8-10H2,(H,20,21,24)/t13-,15-/m0/s1. The van der Waals surface area contributed by atoms with E-state index in [-0.39, 0.29) is 17.6 Å². The van der Waals surface area contributed by atoms with E-state index in [1.54, 1.807) is 0 Å². The molecular weight excluding hydrogens is 304 g/mol. The molecule has 124 valence electrons. The van der Waals surface area contributed by atoms with Crippen LogP contribution in [0.1, 0.15) is 11.1 Å². The maximum atomic E-state index is 11.8. The number of H-pyrrole nitrogens is 2. The van der Waals surface area contributed by atoms with Gasteiger partial charge in [0.05, 0.1) is 17.9 Å². The summed E-state index contributed by atoms with van der Waals surface area (Å²) in [6.45, 7) is 2.16. The van der Waals surface area contributed by atoms with Crippen LogP contribution in [0.25, 0.3) is 11.0 Å². The van der Waals surface area contributed by atoms with E-state index in [2.05, 4.69) is 32.0 Å². The summed E-state index contributed by atoms with van der Waals surface area (Å²) < 4.78 is 0. The minimum Gasteiger partial charge on any atom is -0.391 e. The lowest BCUT2D eigenvalue weighted by molar-refractivity contribution is 0.141. The van der Waals surface area contributed by atoms with E-state index in [1.165, 1.54) is 11.9 Å². The predicted octanol–water partition coefficient (Wildman–Crippen LogP) is 1.29. The molecule has 1 saturated heterocycles. The number of likely N-dealkylation sites (tertiary alicyclic amines) is 1. The molecule has 0 unspecified atom stereocenters. The largest absolute Gasteiger partial charge is 0.391 e. The molecule has 0 amide bonds. The average Bonchev–Trinajstić information content (AvgIpc) is 3.14. The number of nitrogens with one attached hydrogen (secondary N) is 2. The lowest BCUT2D eigenvalue weighted by atomic mass is 9.97. The predicted molar refractivity (Wildman–Crippen MR) is 91.6 cm³/mol. The van der Waals surface area contributed by atoms with E-state index in [9.17, 15) is 9.90 Å². The summed E-state index contributed by atoms with van der Waals surface area (Å²) in [4.78, 5) is 23.8. The summed E-state index contributed by atoms with van der Waals surface area (Å²) in [5.74, 6) is 0.231. The number of aromatic nitrogens is 3. The number of hydrogen-bond donors (Lipinski definition) is 3. The van der Waals surface area contributed by atoms with Gasteiger partial charge >= 0.3 is 0 Å². The summed E-state index contributed by atoms with van der Waals surface area (Å²) in [5.41, 5.74) is 3.30. The van der Waals surface area contributed by atoms with E-state index in [4.69, 9.17) is 0 Å². The van der Waals surface area contributed by atoms with Crippen LogP contribution in [0.2, 0.25) is 0 Å². The summed E-state index contributed by atoms with van der Waals surface area (Å²) in [5, 5.41) is 10.4. The number of rotatable bonds is 4. The summed E-state index contributed by atoms with van der Waals surface area (Å²) >= 11 is 0. The second-order valence-electron chi connectivity index (χ2n) is 6.48. The van der Waals surface area contributed by atoms with Crippen molar-refractivity contribution in [1.82, 2.24) is 19.9 Å². The second kappa shape index (κ2) is 6.22. The highest BCUT2D eigenvalue weighted by molar-refractivity contribution is 5.77. The Labute approximate surface area is 139 Å². The third-order valence-corrected chi connectivity index (χ3v) is 4.76. The molecule has 0 bridgehead atoms. The number of fused-ring (bicyclic) bond motifs is 1. The van der Waals surface area contributed by atoms with E-state index >= 15 is 0 Å². The number of β-amino-alcohol motifs (C(OH)–C–C–N with tert-alkyl or cyclic N) is 1. The molecule has 1 aliphatic rings. The lowest BCUT2D eigenvalue weighted by Gasteiger charge is -2.15. The van der Waals surface area contributed by atoms with E-state index in [1.807, 2.05) is 24.4 Å². The average molecular weight is 324 g/mol. The van der Waals surface area contributed by atoms with Gasteiger partial charge in [0.25, 0.3) is 5.56 Å². The smallest absolute Gasteiger partial charge is 0.275 e. The quantitative estimate of drug-likeness (QED) is 0.675. The monoisotopic (exact) mass is 324 g/mol. The maximum absolute atomic E-state index is 11.8. The van der Waals surface area contributed by atoms with Crippen molar-refractivity contribution in [3.8, 4) is 0 Å². The van der Waals surface area contributed by atoms with E-state index < -0.39 is 0 Å². The van der Waals surface area contributed by atoms with Crippen LogP contribution in [-0.4, -0.2) is 44.2 Å². The van der Waals surface area contributed by atoms with Crippen LogP contribution in [0, 0.1) is 5.92 Å². The van der Waals surface area contributed by atoms with Crippen molar-refractivity contribution < 1.29 is 5.11 Å². The second-order valence-corrected chi connectivity index (χ2v) is 6.48. The molecule has 1 fully saturated rings. The molecule has 4 rings (SSSR count). The zero-order chi connectivity index (χ0) is 16.5. The van der Waals surface area contributed by atoms with Crippen molar-refractivity contribution in [2.45, 2.75) is 19.1 Å². The molecule has 0 spiro atoms. The Kier molecular flexibility index (Phi) is 3.92. The normalized spacial score (nSPS) is 21.5. The van der Waals surface area contributed by atoms with Crippen molar-refractivity contribution in [3.63, 3.8) is 0 Å². The minimum atomic E-state index is -0.327. The maximum Gasteiger partial charge on any atom is 0.275 e. The zero-order valence-corrected chi connectivity index (χ0v) is 13.3. The first-order valence-corrected chi connectivity index (χ1v) is 8.18. The summed E-state index contributed by atoms with van der Waals surface area (Å²) in [7, 11) is 0. The van der Waals surface area contributed by atoms with Crippen molar-refractivity contribution in [3.05, 3.63) is 64.3 Å². The zero-order valence-electron chi connectivity index (χ0n) is 13.3. The van der Waals surface area contributed by atoms with Gasteiger partial charge in [-0.15, -0.1) is 0 Å². The third kappa shape index (κ3) is 2.86. The fourth-order valence-corrected chi connectivity index (χ4v) is 3.55. The van der Waals surface area contributed by atoms with Gasteiger partial charge in [-0.1, -0.05) is 30.3 Å². The Morgan fingerprint density at radius 2 is 2.04 bits per heavy atom. The highest BCUT2D eigenvalue weighted by Crippen LogP contribution is 2.24. The van der Waals surface area contributed by atoms with Gasteiger partial charge in [-0.25, -0.2) is 4.98 Å². The molecule has 2 atom stereocenters. The first-order chi connectivity index (χ1) is 11.7. The van der Waals surface area contributed by atoms with Gasteiger partial charge in [0.2, 0.25) is 0 Å². The van der Waals surface area contributed by atoms with Gasteiger partial charge in [0.1, 0.15) is 5.52 Å². The van der Waals surface area contributed by atoms with Crippen LogP contribution >= 0.6 is 0 Å². The Bertz CT molecular complexity index is 887. The SMILES string of the molecule is O=c1[nH]cnc2c(CN3C[C@H](Cc4ccccc4)[C@@H](O)C3)c[nH]c12. The lowest BCUT2D eigenvalue weighted by Crippen LogP contribution is -2.21. The van der Waals surface area contributed by atoms with Crippen molar-refractivity contribution >= 4 is 11.0 Å². The molecule has 2 aromatic heterocycles. The van der Waals surface area contributed by atoms with Crippen LogP contribution in [0.4, 0.5) is 0 Å². The van der Waals surface area contributed by atoms with Crippen LogP contribution in [-0.2, 0) is 13.0 Å². The molecule has 0 aliphatic carbocycles. The molecule has 6 nitrogen and oxygen atoms in total. The fraction of sp³-hybridized carbons (Fsp3) is 0.333. The number of nitrogens with zero attached hydrogens (tertiary/aromatic N) is 2. The third-order valence-electron chi connectivity index (χ3n) is 4.76. The van der Waals surface area contributed by atoms with Crippen LogP contribution < -0.4 is 5.56 Å². The Morgan fingerprint density at radius 1 is 1.21 bits per heavy atom. The molecule has 6 heteroatoms. The first-order valence-electron chi connectivity index (χ1n) is 8.18. The first kappa shape index (κ1) is 15.1. The van der Waals surface area contributed by atoms with Crippen LogP contribution in [0.15, 0.2) is 47.7 Å².